The van der Waals surface area contributed by atoms with Crippen LogP contribution in [-0.2, 0) is 5.41 Å². The maximum absolute atomic E-state index is 12.5. The molecule has 2 aromatic rings. The van der Waals surface area contributed by atoms with E-state index in [9.17, 15) is 4.79 Å². The summed E-state index contributed by atoms with van der Waals surface area (Å²) in [5.74, 6) is -0.0652. The fraction of sp³-hybridized carbons (Fsp3) is 0.435. The van der Waals surface area contributed by atoms with Gasteiger partial charge in [0.05, 0.1) is 0 Å². The van der Waals surface area contributed by atoms with Crippen LogP contribution in [0.3, 0.4) is 0 Å². The van der Waals surface area contributed by atoms with Gasteiger partial charge < -0.3 is 10.2 Å². The molecule has 0 aliphatic carbocycles. The van der Waals surface area contributed by atoms with Gasteiger partial charge in [-0.3, -0.25) is 4.79 Å². The van der Waals surface area contributed by atoms with Crippen LogP contribution in [-0.4, -0.2) is 18.5 Å². The average Bonchev–Trinajstić information content (AvgIpc) is 2.62. The van der Waals surface area contributed by atoms with Crippen LogP contribution in [0.2, 0.25) is 0 Å². The lowest BCUT2D eigenvalue weighted by molar-refractivity contribution is 0.102. The summed E-state index contributed by atoms with van der Waals surface area (Å²) >= 11 is 0. The highest BCUT2D eigenvalue weighted by molar-refractivity contribution is 6.04. The molecular formula is C23H30N2O. The number of nitrogens with one attached hydrogen (secondary N) is 1. The Morgan fingerprint density at radius 3 is 2.23 bits per heavy atom. The molecule has 3 nitrogen and oxygen atoms in total. The zero-order valence-electron chi connectivity index (χ0n) is 16.4. The highest BCUT2D eigenvalue weighted by Crippen LogP contribution is 2.26. The molecule has 1 N–H and O–H groups in total. The third-order valence-corrected chi connectivity index (χ3v) is 5.27. The van der Waals surface area contributed by atoms with Crippen LogP contribution in [0.25, 0.3) is 0 Å². The van der Waals surface area contributed by atoms with E-state index in [0.29, 0.717) is 11.6 Å². The molecule has 3 rings (SSSR count). The predicted molar refractivity (Wildman–Crippen MR) is 110 cm³/mol. The number of hydrogen-bond acceptors (Lipinski definition) is 2. The summed E-state index contributed by atoms with van der Waals surface area (Å²) in [5.41, 5.74) is 4.09. The number of rotatable bonds is 3. The second kappa shape index (κ2) is 7.53. The van der Waals surface area contributed by atoms with E-state index in [2.05, 4.69) is 50.0 Å². The number of benzene rings is 2. The van der Waals surface area contributed by atoms with Crippen molar-refractivity contribution in [1.82, 2.24) is 0 Å². The average molecular weight is 351 g/mol. The van der Waals surface area contributed by atoms with Gasteiger partial charge in [-0.15, -0.1) is 0 Å². The molecule has 3 heteroatoms. The molecule has 1 saturated heterocycles. The summed E-state index contributed by atoms with van der Waals surface area (Å²) in [5, 5.41) is 3.00. The Kier molecular flexibility index (Phi) is 5.36. The molecule has 0 radical (unpaired) electrons. The summed E-state index contributed by atoms with van der Waals surface area (Å²) in [6.45, 7) is 9.93. The minimum absolute atomic E-state index is 0.0652. The number of amides is 1. The third-order valence-electron chi connectivity index (χ3n) is 5.27. The maximum Gasteiger partial charge on any atom is 0.255 e. The molecule has 1 heterocycles. The molecule has 1 atom stereocenters. The van der Waals surface area contributed by atoms with Gasteiger partial charge in [0.2, 0.25) is 0 Å². The van der Waals surface area contributed by atoms with Crippen LogP contribution < -0.4 is 10.2 Å². The minimum Gasteiger partial charge on any atom is -0.369 e. The fourth-order valence-electron chi connectivity index (χ4n) is 3.54. The van der Waals surface area contributed by atoms with Crippen molar-refractivity contribution in [3.05, 3.63) is 59.7 Å². The first-order chi connectivity index (χ1) is 12.3. The van der Waals surface area contributed by atoms with Crippen molar-refractivity contribution < 1.29 is 4.79 Å². The molecule has 1 amide bonds. The van der Waals surface area contributed by atoms with Gasteiger partial charge in [0.1, 0.15) is 0 Å². The number of carbonyl (C=O) groups is 1. The van der Waals surface area contributed by atoms with Gasteiger partial charge in [-0.05, 0) is 73.6 Å². The van der Waals surface area contributed by atoms with Crippen LogP contribution >= 0.6 is 0 Å². The molecule has 1 fully saturated rings. The number of carbonyl (C=O) groups excluding carboxylic acids is 1. The number of nitrogens with zero attached hydrogens (tertiary/aromatic N) is 1. The molecule has 138 valence electrons. The Morgan fingerprint density at radius 1 is 1.00 bits per heavy atom. The Balaban J connectivity index is 1.66. The van der Waals surface area contributed by atoms with Gasteiger partial charge in [-0.1, -0.05) is 32.9 Å². The summed E-state index contributed by atoms with van der Waals surface area (Å²) in [7, 11) is 0. The zero-order valence-corrected chi connectivity index (χ0v) is 16.4. The van der Waals surface area contributed by atoms with Crippen LogP contribution in [0.4, 0.5) is 11.4 Å². The zero-order chi connectivity index (χ0) is 18.7. The van der Waals surface area contributed by atoms with Crippen molar-refractivity contribution >= 4 is 17.3 Å². The highest BCUT2D eigenvalue weighted by atomic mass is 16.1. The van der Waals surface area contributed by atoms with E-state index in [1.54, 1.807) is 0 Å². The van der Waals surface area contributed by atoms with Gasteiger partial charge >= 0.3 is 0 Å². The number of hydrogen-bond donors (Lipinski definition) is 1. The lowest BCUT2D eigenvalue weighted by Crippen LogP contribution is -2.37. The lowest BCUT2D eigenvalue weighted by atomic mass is 9.87. The van der Waals surface area contributed by atoms with Crippen LogP contribution in [0.1, 0.15) is 62.9 Å². The number of anilines is 2. The van der Waals surface area contributed by atoms with Crippen molar-refractivity contribution in [1.29, 1.82) is 0 Å². The monoisotopic (exact) mass is 350 g/mol. The van der Waals surface area contributed by atoms with Crippen LogP contribution in [0.5, 0.6) is 0 Å². The first-order valence-corrected chi connectivity index (χ1v) is 9.63. The Hall–Kier alpha value is -2.29. The molecule has 0 unspecified atom stereocenters. The summed E-state index contributed by atoms with van der Waals surface area (Å²) in [4.78, 5) is 15.0. The molecule has 1 aliphatic rings. The molecule has 0 spiro atoms. The Morgan fingerprint density at radius 2 is 1.65 bits per heavy atom. The van der Waals surface area contributed by atoms with E-state index in [1.165, 1.54) is 30.5 Å². The highest BCUT2D eigenvalue weighted by Gasteiger charge is 2.18. The lowest BCUT2D eigenvalue weighted by Gasteiger charge is -2.35. The van der Waals surface area contributed by atoms with Crippen molar-refractivity contribution in [2.75, 3.05) is 16.8 Å². The largest absolute Gasteiger partial charge is 0.369 e. The van der Waals surface area contributed by atoms with Gasteiger partial charge in [0, 0.05) is 29.5 Å². The molecular weight excluding hydrogens is 320 g/mol. The predicted octanol–water partition coefficient (Wildman–Crippen LogP) is 5.62. The van der Waals surface area contributed by atoms with E-state index >= 15 is 0 Å². The Bertz CT molecular complexity index is 741. The molecule has 26 heavy (non-hydrogen) atoms. The summed E-state index contributed by atoms with van der Waals surface area (Å²) in [6, 6.07) is 16.7. The van der Waals surface area contributed by atoms with Gasteiger partial charge in [0.15, 0.2) is 0 Å². The third kappa shape index (κ3) is 4.27. The van der Waals surface area contributed by atoms with E-state index in [-0.39, 0.29) is 11.3 Å². The normalized spacial score (nSPS) is 17.8. The fourth-order valence-corrected chi connectivity index (χ4v) is 3.54. The van der Waals surface area contributed by atoms with Gasteiger partial charge in [-0.25, -0.2) is 0 Å². The van der Waals surface area contributed by atoms with E-state index in [0.717, 1.165) is 12.2 Å². The molecule has 0 saturated carbocycles. The SMILES string of the molecule is C[C@H]1CCCCN1c1ccc(NC(=O)c2ccc(C(C)(C)C)cc2)cc1. The second-order valence-electron chi connectivity index (χ2n) is 8.37. The molecule has 1 aliphatic heterocycles. The van der Waals surface area contributed by atoms with Crippen molar-refractivity contribution in [3.63, 3.8) is 0 Å². The van der Waals surface area contributed by atoms with E-state index in [1.807, 2.05) is 36.4 Å². The second-order valence-corrected chi connectivity index (χ2v) is 8.37. The van der Waals surface area contributed by atoms with E-state index in [4.69, 9.17) is 0 Å². The topological polar surface area (TPSA) is 32.3 Å². The summed E-state index contributed by atoms with van der Waals surface area (Å²) < 4.78 is 0. The van der Waals surface area contributed by atoms with Crippen LogP contribution in [0, 0.1) is 0 Å². The standard InChI is InChI=1S/C23H30N2O/c1-17-7-5-6-16-25(17)21-14-12-20(13-15-21)24-22(26)18-8-10-19(11-9-18)23(2,3)4/h8-15,17H,5-7,16H2,1-4H3,(H,24,26)/t17-/m0/s1. The minimum atomic E-state index is -0.0652. The van der Waals surface area contributed by atoms with Gasteiger partial charge in [0.25, 0.3) is 5.91 Å². The maximum atomic E-state index is 12.5. The smallest absolute Gasteiger partial charge is 0.255 e. The summed E-state index contributed by atoms with van der Waals surface area (Å²) in [6.07, 6.45) is 3.83. The number of piperidine rings is 1. The molecule has 0 bridgehead atoms. The first kappa shape index (κ1) is 18.5. The molecule has 0 aromatic heterocycles. The van der Waals surface area contributed by atoms with Crippen molar-refractivity contribution in [3.8, 4) is 0 Å². The molecule has 2 aromatic carbocycles. The quantitative estimate of drug-likeness (QED) is 0.780. The Labute approximate surface area is 157 Å². The van der Waals surface area contributed by atoms with Crippen molar-refractivity contribution in [2.24, 2.45) is 0 Å². The van der Waals surface area contributed by atoms with Crippen molar-refractivity contribution in [2.45, 2.75) is 58.4 Å². The van der Waals surface area contributed by atoms with Gasteiger partial charge in [-0.2, -0.15) is 0 Å². The first-order valence-electron chi connectivity index (χ1n) is 9.63. The van der Waals surface area contributed by atoms with Crippen LogP contribution in [0.15, 0.2) is 48.5 Å². The van der Waals surface area contributed by atoms with E-state index < -0.39 is 0 Å².